The number of aromatic amines is 1. The third-order valence-corrected chi connectivity index (χ3v) is 2.36. The molecule has 0 spiro atoms. The lowest BCUT2D eigenvalue weighted by Gasteiger charge is -2.01. The number of aliphatic hydroxyl groups excluding tert-OH is 1. The van der Waals surface area contributed by atoms with Crippen molar-refractivity contribution in [3.05, 3.63) is 35.0 Å². The Kier molecular flexibility index (Phi) is 2.02. The Morgan fingerprint density at radius 1 is 1.46 bits per heavy atom. The van der Waals surface area contributed by atoms with Gasteiger partial charge in [-0.3, -0.25) is 0 Å². The van der Waals surface area contributed by atoms with Crippen LogP contribution in [-0.2, 0) is 0 Å². The fourth-order valence-electron chi connectivity index (χ4n) is 1.46. The summed E-state index contributed by atoms with van der Waals surface area (Å²) in [6, 6.07) is 5.59. The van der Waals surface area contributed by atoms with Crippen LogP contribution in [0.2, 0.25) is 5.02 Å². The largest absolute Gasteiger partial charge is 0.389 e. The van der Waals surface area contributed by atoms with Gasteiger partial charge in [0.2, 0.25) is 0 Å². The molecule has 0 fully saturated rings. The number of H-pyrrole nitrogens is 1. The summed E-state index contributed by atoms with van der Waals surface area (Å²) >= 11 is 5.86. The standard InChI is InChI=1S/C10H10ClNO/c1-6(13)9-5-12-10-3-2-7(11)4-8(9)10/h2-6,12-13H,1H3/t6-/m1/s1. The number of hydrogen-bond donors (Lipinski definition) is 2. The Hall–Kier alpha value is -0.990. The summed E-state index contributed by atoms with van der Waals surface area (Å²) in [6.45, 7) is 1.74. The maximum Gasteiger partial charge on any atom is 0.0782 e. The van der Waals surface area contributed by atoms with Crippen LogP contribution in [0.15, 0.2) is 24.4 Å². The summed E-state index contributed by atoms with van der Waals surface area (Å²) in [5, 5.41) is 11.1. The van der Waals surface area contributed by atoms with Crippen molar-refractivity contribution in [2.24, 2.45) is 0 Å². The molecular formula is C10H10ClNO. The van der Waals surface area contributed by atoms with Crippen molar-refractivity contribution in [3.63, 3.8) is 0 Å². The molecule has 0 amide bonds. The van der Waals surface area contributed by atoms with Gasteiger partial charge in [0.15, 0.2) is 0 Å². The molecule has 0 bridgehead atoms. The van der Waals surface area contributed by atoms with Crippen molar-refractivity contribution in [2.45, 2.75) is 13.0 Å². The highest BCUT2D eigenvalue weighted by atomic mass is 35.5. The van der Waals surface area contributed by atoms with Crippen LogP contribution in [-0.4, -0.2) is 10.1 Å². The zero-order valence-electron chi connectivity index (χ0n) is 7.21. The smallest absolute Gasteiger partial charge is 0.0782 e. The molecule has 3 heteroatoms. The van der Waals surface area contributed by atoms with E-state index >= 15 is 0 Å². The van der Waals surface area contributed by atoms with E-state index in [-0.39, 0.29) is 0 Å². The SMILES string of the molecule is C[C@@H](O)c1c[nH]c2ccc(Cl)cc12. The predicted molar refractivity (Wildman–Crippen MR) is 53.9 cm³/mol. The molecule has 0 unspecified atom stereocenters. The van der Waals surface area contributed by atoms with Crippen LogP contribution in [0.25, 0.3) is 10.9 Å². The quantitative estimate of drug-likeness (QED) is 0.721. The molecule has 1 aromatic heterocycles. The first-order chi connectivity index (χ1) is 6.18. The lowest BCUT2D eigenvalue weighted by atomic mass is 10.1. The minimum Gasteiger partial charge on any atom is -0.389 e. The minimum atomic E-state index is -0.466. The Labute approximate surface area is 81.1 Å². The van der Waals surface area contributed by atoms with E-state index in [1.807, 2.05) is 24.4 Å². The summed E-state index contributed by atoms with van der Waals surface area (Å²) in [4.78, 5) is 3.08. The summed E-state index contributed by atoms with van der Waals surface area (Å²) in [5.41, 5.74) is 1.89. The number of benzene rings is 1. The number of fused-ring (bicyclic) bond motifs is 1. The van der Waals surface area contributed by atoms with E-state index in [2.05, 4.69) is 4.98 Å². The van der Waals surface area contributed by atoms with Crippen LogP contribution >= 0.6 is 11.6 Å². The van der Waals surface area contributed by atoms with E-state index in [9.17, 15) is 5.11 Å². The summed E-state index contributed by atoms with van der Waals surface area (Å²) in [6.07, 6.45) is 1.35. The number of nitrogens with one attached hydrogen (secondary N) is 1. The molecule has 0 radical (unpaired) electrons. The third-order valence-electron chi connectivity index (χ3n) is 2.13. The third kappa shape index (κ3) is 1.43. The van der Waals surface area contributed by atoms with Crippen molar-refractivity contribution in [1.82, 2.24) is 4.98 Å². The lowest BCUT2D eigenvalue weighted by molar-refractivity contribution is 0.201. The van der Waals surface area contributed by atoms with E-state index in [4.69, 9.17) is 11.6 Å². The number of aliphatic hydroxyl groups is 1. The van der Waals surface area contributed by atoms with Gasteiger partial charge < -0.3 is 10.1 Å². The van der Waals surface area contributed by atoms with Gasteiger partial charge in [-0.25, -0.2) is 0 Å². The van der Waals surface area contributed by atoms with Gasteiger partial charge in [-0.1, -0.05) is 11.6 Å². The van der Waals surface area contributed by atoms with Crippen LogP contribution in [0, 0.1) is 0 Å². The van der Waals surface area contributed by atoms with E-state index in [1.165, 1.54) is 0 Å². The molecule has 1 atom stereocenters. The Balaban J connectivity index is 2.71. The number of rotatable bonds is 1. The van der Waals surface area contributed by atoms with Gasteiger partial charge >= 0.3 is 0 Å². The molecule has 2 nitrogen and oxygen atoms in total. The second kappa shape index (κ2) is 3.05. The molecule has 0 saturated carbocycles. The Morgan fingerprint density at radius 2 is 2.23 bits per heavy atom. The second-order valence-corrected chi connectivity index (χ2v) is 3.55. The molecule has 0 aliphatic rings. The maximum absolute atomic E-state index is 9.44. The Bertz CT molecular complexity index is 433. The Morgan fingerprint density at radius 3 is 2.92 bits per heavy atom. The van der Waals surface area contributed by atoms with Crippen LogP contribution in [0.3, 0.4) is 0 Å². The van der Waals surface area contributed by atoms with Gasteiger partial charge in [0.1, 0.15) is 0 Å². The van der Waals surface area contributed by atoms with Gasteiger partial charge in [0, 0.05) is 27.7 Å². The molecule has 0 saturated heterocycles. The molecule has 2 rings (SSSR count). The van der Waals surface area contributed by atoms with E-state index in [0.717, 1.165) is 16.5 Å². The average Bonchev–Trinajstić information content (AvgIpc) is 2.46. The van der Waals surface area contributed by atoms with Crippen molar-refractivity contribution in [2.75, 3.05) is 0 Å². The summed E-state index contributed by atoms with van der Waals surface area (Å²) in [5.74, 6) is 0. The molecule has 0 aliphatic heterocycles. The summed E-state index contributed by atoms with van der Waals surface area (Å²) in [7, 11) is 0. The average molecular weight is 196 g/mol. The first-order valence-corrected chi connectivity index (χ1v) is 4.51. The number of aromatic nitrogens is 1. The van der Waals surface area contributed by atoms with Gasteiger partial charge in [-0.05, 0) is 25.1 Å². The highest BCUT2D eigenvalue weighted by Crippen LogP contribution is 2.26. The minimum absolute atomic E-state index is 0.466. The van der Waals surface area contributed by atoms with Crippen molar-refractivity contribution in [1.29, 1.82) is 0 Å². The highest BCUT2D eigenvalue weighted by molar-refractivity contribution is 6.31. The molecule has 13 heavy (non-hydrogen) atoms. The van der Waals surface area contributed by atoms with Crippen molar-refractivity contribution in [3.8, 4) is 0 Å². The molecular weight excluding hydrogens is 186 g/mol. The molecule has 2 aromatic rings. The molecule has 1 aromatic carbocycles. The van der Waals surface area contributed by atoms with Crippen LogP contribution in [0.5, 0.6) is 0 Å². The van der Waals surface area contributed by atoms with E-state index in [0.29, 0.717) is 5.02 Å². The zero-order chi connectivity index (χ0) is 9.42. The fraction of sp³-hybridized carbons (Fsp3) is 0.200. The highest BCUT2D eigenvalue weighted by Gasteiger charge is 2.07. The van der Waals surface area contributed by atoms with Crippen LogP contribution < -0.4 is 0 Å². The maximum atomic E-state index is 9.44. The fourth-order valence-corrected chi connectivity index (χ4v) is 1.63. The van der Waals surface area contributed by atoms with Gasteiger partial charge in [-0.15, -0.1) is 0 Å². The predicted octanol–water partition coefficient (Wildman–Crippen LogP) is 2.87. The first-order valence-electron chi connectivity index (χ1n) is 4.13. The molecule has 1 heterocycles. The van der Waals surface area contributed by atoms with Gasteiger partial charge in [-0.2, -0.15) is 0 Å². The lowest BCUT2D eigenvalue weighted by Crippen LogP contribution is -1.87. The van der Waals surface area contributed by atoms with Crippen molar-refractivity contribution >= 4 is 22.5 Å². The number of hydrogen-bond acceptors (Lipinski definition) is 1. The number of halogens is 1. The zero-order valence-corrected chi connectivity index (χ0v) is 7.97. The van der Waals surface area contributed by atoms with Crippen LogP contribution in [0.4, 0.5) is 0 Å². The van der Waals surface area contributed by atoms with Crippen molar-refractivity contribution < 1.29 is 5.11 Å². The van der Waals surface area contributed by atoms with Crippen LogP contribution in [0.1, 0.15) is 18.6 Å². The van der Waals surface area contributed by atoms with Gasteiger partial charge in [0.05, 0.1) is 6.10 Å². The normalized spacial score (nSPS) is 13.5. The van der Waals surface area contributed by atoms with E-state index < -0.39 is 6.10 Å². The van der Waals surface area contributed by atoms with Gasteiger partial charge in [0.25, 0.3) is 0 Å². The first kappa shape index (κ1) is 8.60. The molecule has 0 aliphatic carbocycles. The monoisotopic (exact) mass is 195 g/mol. The second-order valence-electron chi connectivity index (χ2n) is 3.11. The molecule has 68 valence electrons. The topological polar surface area (TPSA) is 36.0 Å². The molecule has 2 N–H and O–H groups in total. The van der Waals surface area contributed by atoms with E-state index in [1.54, 1.807) is 6.92 Å². The summed E-state index contributed by atoms with van der Waals surface area (Å²) < 4.78 is 0.